The molecule has 0 aliphatic heterocycles. The lowest BCUT2D eigenvalue weighted by atomic mass is 10.2. The molecule has 1 N–H and O–H groups in total. The van der Waals surface area contributed by atoms with Gasteiger partial charge in [-0.15, -0.1) is 0 Å². The molecule has 0 aliphatic rings. The number of carboxylic acid groups (broad SMARTS) is 1. The summed E-state index contributed by atoms with van der Waals surface area (Å²) < 4.78 is 10.9. The molecule has 0 radical (unpaired) electrons. The van der Waals surface area contributed by atoms with Crippen molar-refractivity contribution in [2.24, 2.45) is 0 Å². The van der Waals surface area contributed by atoms with Crippen LogP contribution >= 0.6 is 0 Å². The average Bonchev–Trinajstić information content (AvgIpc) is 2.29. The summed E-state index contributed by atoms with van der Waals surface area (Å²) in [5.41, 5.74) is 0. The van der Waals surface area contributed by atoms with Crippen LogP contribution in [-0.4, -0.2) is 23.8 Å². The third-order valence-electron chi connectivity index (χ3n) is 2.24. The van der Waals surface area contributed by atoms with E-state index in [9.17, 15) is 4.79 Å². The van der Waals surface area contributed by atoms with Crippen molar-refractivity contribution in [1.82, 2.24) is 0 Å². The third-order valence-corrected chi connectivity index (χ3v) is 2.24. The van der Waals surface area contributed by atoms with E-state index in [4.69, 9.17) is 14.6 Å². The van der Waals surface area contributed by atoms with Gasteiger partial charge in [-0.3, -0.25) is 4.79 Å². The molecule has 4 nitrogen and oxygen atoms in total. The van der Waals surface area contributed by atoms with Crippen LogP contribution in [0, 0.1) is 0 Å². The normalized spacial score (nSPS) is 11.9. The van der Waals surface area contributed by atoms with E-state index in [-0.39, 0.29) is 12.5 Å². The lowest BCUT2D eigenvalue weighted by Crippen LogP contribution is -2.13. The molecule has 0 amide bonds. The van der Waals surface area contributed by atoms with Gasteiger partial charge in [-0.1, -0.05) is 0 Å². The molecule has 0 saturated carbocycles. The quantitative estimate of drug-likeness (QED) is 0.793. The molecule has 0 aromatic heterocycles. The summed E-state index contributed by atoms with van der Waals surface area (Å²) in [6.07, 6.45) is 0.518. The summed E-state index contributed by atoms with van der Waals surface area (Å²) >= 11 is 0. The zero-order valence-corrected chi connectivity index (χ0v) is 10.2. The lowest BCUT2D eigenvalue weighted by Gasteiger charge is -2.14. The Kier molecular flexibility index (Phi) is 5.33. The van der Waals surface area contributed by atoms with Gasteiger partial charge in [-0.2, -0.15) is 0 Å². The van der Waals surface area contributed by atoms with Crippen molar-refractivity contribution in [1.29, 1.82) is 0 Å². The van der Waals surface area contributed by atoms with Crippen LogP contribution < -0.4 is 9.47 Å². The molecule has 0 saturated heterocycles. The molecule has 1 aromatic rings. The molecule has 1 atom stereocenters. The van der Waals surface area contributed by atoms with Crippen molar-refractivity contribution in [2.45, 2.75) is 32.8 Å². The molecule has 0 spiro atoms. The van der Waals surface area contributed by atoms with Gasteiger partial charge in [0.2, 0.25) is 0 Å². The maximum Gasteiger partial charge on any atom is 0.303 e. The third kappa shape index (κ3) is 5.24. The Bertz CT molecular complexity index is 345. The molecule has 0 heterocycles. The van der Waals surface area contributed by atoms with E-state index in [2.05, 4.69) is 0 Å². The fourth-order valence-electron chi connectivity index (χ4n) is 1.40. The number of benzene rings is 1. The second kappa shape index (κ2) is 6.78. The number of hydrogen-bond acceptors (Lipinski definition) is 3. The van der Waals surface area contributed by atoms with Crippen molar-refractivity contribution in [3.8, 4) is 11.5 Å². The van der Waals surface area contributed by atoms with E-state index in [0.717, 1.165) is 11.5 Å². The molecule has 1 rings (SSSR count). The second-order valence-corrected chi connectivity index (χ2v) is 3.77. The standard InChI is InChI=1S/C13H18O4/c1-3-16-11-5-7-12(8-6-11)17-10(2)4-9-13(14)15/h5-8,10H,3-4,9H2,1-2H3,(H,14,15). The van der Waals surface area contributed by atoms with Gasteiger partial charge in [0.15, 0.2) is 0 Å². The van der Waals surface area contributed by atoms with Crippen molar-refractivity contribution < 1.29 is 19.4 Å². The molecule has 0 bridgehead atoms. The van der Waals surface area contributed by atoms with Gasteiger partial charge in [-0.05, 0) is 44.5 Å². The zero-order valence-electron chi connectivity index (χ0n) is 10.2. The lowest BCUT2D eigenvalue weighted by molar-refractivity contribution is -0.137. The van der Waals surface area contributed by atoms with Crippen LogP contribution in [0.4, 0.5) is 0 Å². The van der Waals surface area contributed by atoms with Gasteiger partial charge in [0.05, 0.1) is 12.7 Å². The predicted molar refractivity (Wildman–Crippen MR) is 64.6 cm³/mol. The maximum atomic E-state index is 10.4. The van der Waals surface area contributed by atoms with E-state index in [1.165, 1.54) is 0 Å². The summed E-state index contributed by atoms with van der Waals surface area (Å²) in [6, 6.07) is 7.32. The minimum Gasteiger partial charge on any atom is -0.494 e. The van der Waals surface area contributed by atoms with E-state index < -0.39 is 5.97 Å². The van der Waals surface area contributed by atoms with Crippen LogP contribution in [0.2, 0.25) is 0 Å². The van der Waals surface area contributed by atoms with Gasteiger partial charge in [0.1, 0.15) is 11.5 Å². The zero-order chi connectivity index (χ0) is 12.7. The number of aliphatic carboxylic acids is 1. The molecule has 1 unspecified atom stereocenters. The predicted octanol–water partition coefficient (Wildman–Crippen LogP) is 2.72. The molecular weight excluding hydrogens is 220 g/mol. The molecule has 0 aliphatic carbocycles. The first kappa shape index (κ1) is 13.4. The van der Waals surface area contributed by atoms with Gasteiger partial charge in [0, 0.05) is 6.42 Å². The first-order valence-corrected chi connectivity index (χ1v) is 5.73. The number of carbonyl (C=O) groups is 1. The molecule has 17 heavy (non-hydrogen) atoms. The molecule has 94 valence electrons. The fraction of sp³-hybridized carbons (Fsp3) is 0.462. The van der Waals surface area contributed by atoms with E-state index in [0.29, 0.717) is 13.0 Å². The SMILES string of the molecule is CCOc1ccc(OC(C)CCC(=O)O)cc1. The monoisotopic (exact) mass is 238 g/mol. The van der Waals surface area contributed by atoms with Crippen molar-refractivity contribution >= 4 is 5.97 Å². The second-order valence-electron chi connectivity index (χ2n) is 3.77. The summed E-state index contributed by atoms with van der Waals surface area (Å²) in [7, 11) is 0. The van der Waals surface area contributed by atoms with Gasteiger partial charge < -0.3 is 14.6 Å². The minimum atomic E-state index is -0.799. The summed E-state index contributed by atoms with van der Waals surface area (Å²) in [5, 5.41) is 8.55. The highest BCUT2D eigenvalue weighted by Gasteiger charge is 2.07. The number of carboxylic acids is 1. The molecule has 0 fully saturated rings. The Morgan fingerprint density at radius 1 is 1.29 bits per heavy atom. The van der Waals surface area contributed by atoms with E-state index in [1.807, 2.05) is 38.1 Å². The highest BCUT2D eigenvalue weighted by Crippen LogP contribution is 2.19. The largest absolute Gasteiger partial charge is 0.494 e. The topological polar surface area (TPSA) is 55.8 Å². The van der Waals surface area contributed by atoms with Gasteiger partial charge >= 0.3 is 5.97 Å². The Morgan fingerprint density at radius 2 is 1.88 bits per heavy atom. The fourth-order valence-corrected chi connectivity index (χ4v) is 1.40. The van der Waals surface area contributed by atoms with Crippen molar-refractivity contribution in [3.63, 3.8) is 0 Å². The number of rotatable bonds is 7. The van der Waals surface area contributed by atoms with Crippen molar-refractivity contribution in [2.75, 3.05) is 6.61 Å². The van der Waals surface area contributed by atoms with Crippen LogP contribution in [0.3, 0.4) is 0 Å². The minimum absolute atomic E-state index is 0.107. The van der Waals surface area contributed by atoms with E-state index >= 15 is 0 Å². The van der Waals surface area contributed by atoms with Crippen LogP contribution in [0.1, 0.15) is 26.7 Å². The Hall–Kier alpha value is -1.71. The number of ether oxygens (including phenoxy) is 2. The first-order chi connectivity index (χ1) is 8.11. The summed E-state index contributed by atoms with van der Waals surface area (Å²) in [6.45, 7) is 4.42. The first-order valence-electron chi connectivity index (χ1n) is 5.73. The van der Waals surface area contributed by atoms with Crippen LogP contribution in [0.5, 0.6) is 11.5 Å². The Morgan fingerprint density at radius 3 is 2.41 bits per heavy atom. The molecule has 4 heteroatoms. The van der Waals surface area contributed by atoms with Gasteiger partial charge in [0.25, 0.3) is 0 Å². The highest BCUT2D eigenvalue weighted by atomic mass is 16.5. The maximum absolute atomic E-state index is 10.4. The smallest absolute Gasteiger partial charge is 0.303 e. The molecule has 1 aromatic carbocycles. The summed E-state index contributed by atoms with van der Waals surface area (Å²) in [4.78, 5) is 10.4. The van der Waals surface area contributed by atoms with Crippen LogP contribution in [0.15, 0.2) is 24.3 Å². The summed E-state index contributed by atoms with van der Waals surface area (Å²) in [5.74, 6) is 0.733. The Balaban J connectivity index is 2.42. The van der Waals surface area contributed by atoms with Crippen LogP contribution in [0.25, 0.3) is 0 Å². The highest BCUT2D eigenvalue weighted by molar-refractivity contribution is 5.66. The number of hydrogen-bond donors (Lipinski definition) is 1. The Labute approximate surface area is 101 Å². The van der Waals surface area contributed by atoms with E-state index in [1.54, 1.807) is 0 Å². The van der Waals surface area contributed by atoms with Gasteiger partial charge in [-0.25, -0.2) is 0 Å². The average molecular weight is 238 g/mol. The van der Waals surface area contributed by atoms with Crippen molar-refractivity contribution in [3.05, 3.63) is 24.3 Å². The molecular formula is C13H18O4. The van der Waals surface area contributed by atoms with Crippen LogP contribution in [-0.2, 0) is 4.79 Å².